The van der Waals surface area contributed by atoms with Gasteiger partial charge in [0.15, 0.2) is 0 Å². The van der Waals surface area contributed by atoms with E-state index in [1.807, 2.05) is 32.7 Å². The summed E-state index contributed by atoms with van der Waals surface area (Å²) < 4.78 is 5.66. The average molecular weight is 370 g/mol. The third-order valence-corrected chi connectivity index (χ3v) is 4.06. The van der Waals surface area contributed by atoms with Gasteiger partial charge in [-0.05, 0) is 45.2 Å². The SMILES string of the molecule is CNCC(C)C(=O)Nc1ccc(C(=O)N2CC(C)OC(C)C2)cc1.Cl. The van der Waals surface area contributed by atoms with Crippen LogP contribution in [0.4, 0.5) is 5.69 Å². The minimum Gasteiger partial charge on any atom is -0.372 e. The van der Waals surface area contributed by atoms with E-state index in [-0.39, 0.29) is 42.3 Å². The van der Waals surface area contributed by atoms with Crippen LogP contribution in [-0.2, 0) is 9.53 Å². The zero-order valence-corrected chi connectivity index (χ0v) is 16.1. The summed E-state index contributed by atoms with van der Waals surface area (Å²) in [4.78, 5) is 26.4. The number of carbonyl (C=O) groups is 2. The maximum Gasteiger partial charge on any atom is 0.254 e. The molecule has 7 heteroatoms. The molecule has 0 saturated carbocycles. The van der Waals surface area contributed by atoms with Gasteiger partial charge in [-0.3, -0.25) is 9.59 Å². The first kappa shape index (κ1) is 21.4. The monoisotopic (exact) mass is 369 g/mol. The van der Waals surface area contributed by atoms with Crippen LogP contribution in [0.5, 0.6) is 0 Å². The molecule has 2 rings (SSSR count). The van der Waals surface area contributed by atoms with Gasteiger partial charge in [-0.15, -0.1) is 12.4 Å². The molecule has 6 nitrogen and oxygen atoms in total. The van der Waals surface area contributed by atoms with Gasteiger partial charge in [0.1, 0.15) is 0 Å². The van der Waals surface area contributed by atoms with Crippen LogP contribution in [0.15, 0.2) is 24.3 Å². The molecule has 3 atom stereocenters. The van der Waals surface area contributed by atoms with Crippen molar-refractivity contribution >= 4 is 29.9 Å². The molecule has 0 bridgehead atoms. The summed E-state index contributed by atoms with van der Waals surface area (Å²) in [6, 6.07) is 7.05. The lowest BCUT2D eigenvalue weighted by Gasteiger charge is -2.35. The van der Waals surface area contributed by atoms with Crippen LogP contribution in [-0.4, -0.2) is 55.6 Å². The van der Waals surface area contributed by atoms with Crippen LogP contribution in [0.1, 0.15) is 31.1 Å². The van der Waals surface area contributed by atoms with Gasteiger partial charge in [0.05, 0.1) is 12.2 Å². The number of rotatable bonds is 5. The highest BCUT2D eigenvalue weighted by molar-refractivity contribution is 5.96. The Kier molecular flexibility index (Phi) is 8.35. The van der Waals surface area contributed by atoms with Gasteiger partial charge < -0.3 is 20.3 Å². The van der Waals surface area contributed by atoms with Crippen molar-refractivity contribution in [3.63, 3.8) is 0 Å². The van der Waals surface area contributed by atoms with Gasteiger partial charge in [0.2, 0.25) is 5.91 Å². The number of nitrogens with zero attached hydrogens (tertiary/aromatic N) is 1. The van der Waals surface area contributed by atoms with Crippen molar-refractivity contribution in [2.24, 2.45) is 5.92 Å². The third kappa shape index (κ3) is 5.99. The second kappa shape index (κ2) is 9.75. The zero-order chi connectivity index (χ0) is 17.7. The van der Waals surface area contributed by atoms with Crippen LogP contribution >= 0.6 is 12.4 Å². The minimum atomic E-state index is -0.118. The standard InChI is InChI=1S/C18H27N3O3.ClH/c1-12(9-19-4)17(22)20-16-7-5-15(6-8-16)18(23)21-10-13(2)24-14(3)11-21;/h5-8,12-14,19H,9-11H2,1-4H3,(H,20,22);1H. The maximum absolute atomic E-state index is 12.6. The third-order valence-electron chi connectivity index (χ3n) is 4.06. The van der Waals surface area contributed by atoms with E-state index < -0.39 is 0 Å². The summed E-state index contributed by atoms with van der Waals surface area (Å²) in [5.74, 6) is -0.162. The number of hydrogen-bond acceptors (Lipinski definition) is 4. The molecule has 0 radical (unpaired) electrons. The van der Waals surface area contributed by atoms with Gasteiger partial charge in [-0.25, -0.2) is 0 Å². The molecule has 1 saturated heterocycles. The first-order chi connectivity index (χ1) is 11.4. The number of carbonyl (C=O) groups excluding carboxylic acids is 2. The Bertz CT molecular complexity index is 569. The normalized spacial score (nSPS) is 21.2. The molecule has 1 aromatic carbocycles. The van der Waals surface area contributed by atoms with Crippen LogP contribution < -0.4 is 10.6 Å². The van der Waals surface area contributed by atoms with E-state index in [4.69, 9.17) is 4.74 Å². The minimum absolute atomic E-state index is 0. The Balaban J connectivity index is 0.00000312. The Morgan fingerprint density at radius 1 is 1.20 bits per heavy atom. The number of ether oxygens (including phenoxy) is 1. The fourth-order valence-corrected chi connectivity index (χ4v) is 2.89. The molecule has 1 aliphatic rings. The van der Waals surface area contributed by atoms with Crippen molar-refractivity contribution in [3.8, 4) is 0 Å². The highest BCUT2D eigenvalue weighted by Crippen LogP contribution is 2.16. The number of anilines is 1. The summed E-state index contributed by atoms with van der Waals surface area (Å²) in [5, 5.41) is 5.84. The van der Waals surface area contributed by atoms with Crippen molar-refractivity contribution in [1.82, 2.24) is 10.2 Å². The number of hydrogen-bond donors (Lipinski definition) is 2. The summed E-state index contributed by atoms with van der Waals surface area (Å²) in [6.45, 7) is 7.63. The summed E-state index contributed by atoms with van der Waals surface area (Å²) in [7, 11) is 1.82. The predicted octanol–water partition coefficient (Wildman–Crippen LogP) is 2.15. The molecule has 1 aromatic rings. The molecule has 1 fully saturated rings. The van der Waals surface area contributed by atoms with Crippen molar-refractivity contribution in [3.05, 3.63) is 29.8 Å². The molecule has 0 aromatic heterocycles. The summed E-state index contributed by atoms with van der Waals surface area (Å²) >= 11 is 0. The van der Waals surface area contributed by atoms with E-state index in [1.54, 1.807) is 24.3 Å². The highest BCUT2D eigenvalue weighted by atomic mass is 35.5. The van der Waals surface area contributed by atoms with E-state index in [2.05, 4.69) is 10.6 Å². The summed E-state index contributed by atoms with van der Waals surface area (Å²) in [5.41, 5.74) is 1.32. The Morgan fingerprint density at radius 3 is 2.28 bits per heavy atom. The molecule has 0 aliphatic carbocycles. The fourth-order valence-electron chi connectivity index (χ4n) is 2.89. The molecule has 25 heavy (non-hydrogen) atoms. The van der Waals surface area contributed by atoms with E-state index in [1.165, 1.54) is 0 Å². The summed E-state index contributed by atoms with van der Waals surface area (Å²) in [6.07, 6.45) is 0.0925. The maximum atomic E-state index is 12.6. The molecule has 0 spiro atoms. The second-order valence-corrected chi connectivity index (χ2v) is 6.49. The first-order valence-electron chi connectivity index (χ1n) is 8.41. The van der Waals surface area contributed by atoms with E-state index >= 15 is 0 Å². The number of nitrogens with one attached hydrogen (secondary N) is 2. The molecule has 2 amide bonds. The van der Waals surface area contributed by atoms with Gasteiger partial charge in [0, 0.05) is 36.8 Å². The van der Waals surface area contributed by atoms with Crippen LogP contribution in [0.2, 0.25) is 0 Å². The largest absolute Gasteiger partial charge is 0.372 e. The number of morpholine rings is 1. The van der Waals surface area contributed by atoms with E-state index in [0.717, 1.165) is 0 Å². The van der Waals surface area contributed by atoms with E-state index in [9.17, 15) is 9.59 Å². The van der Waals surface area contributed by atoms with Gasteiger partial charge in [-0.1, -0.05) is 6.92 Å². The lowest BCUT2D eigenvalue weighted by atomic mass is 10.1. The van der Waals surface area contributed by atoms with Gasteiger partial charge >= 0.3 is 0 Å². The number of benzene rings is 1. The van der Waals surface area contributed by atoms with Crippen molar-refractivity contribution in [2.75, 3.05) is 32.0 Å². The Morgan fingerprint density at radius 2 is 1.76 bits per heavy atom. The van der Waals surface area contributed by atoms with Crippen LogP contribution in [0.3, 0.4) is 0 Å². The number of amides is 2. The van der Waals surface area contributed by atoms with Crippen molar-refractivity contribution in [1.29, 1.82) is 0 Å². The van der Waals surface area contributed by atoms with Crippen LogP contribution in [0, 0.1) is 5.92 Å². The molecular weight excluding hydrogens is 342 g/mol. The van der Waals surface area contributed by atoms with Gasteiger partial charge in [-0.2, -0.15) is 0 Å². The highest BCUT2D eigenvalue weighted by Gasteiger charge is 2.26. The quantitative estimate of drug-likeness (QED) is 0.834. The van der Waals surface area contributed by atoms with Crippen molar-refractivity contribution in [2.45, 2.75) is 33.0 Å². The molecule has 3 unspecified atom stereocenters. The number of halogens is 1. The molecular formula is C18H28ClN3O3. The molecule has 2 N–H and O–H groups in total. The molecule has 140 valence electrons. The second-order valence-electron chi connectivity index (χ2n) is 6.49. The first-order valence-corrected chi connectivity index (χ1v) is 8.41. The smallest absolute Gasteiger partial charge is 0.254 e. The lowest BCUT2D eigenvalue weighted by molar-refractivity contribution is -0.119. The van der Waals surface area contributed by atoms with Crippen LogP contribution in [0.25, 0.3) is 0 Å². The van der Waals surface area contributed by atoms with Crippen molar-refractivity contribution < 1.29 is 14.3 Å². The average Bonchev–Trinajstić information content (AvgIpc) is 2.54. The van der Waals surface area contributed by atoms with Gasteiger partial charge in [0.25, 0.3) is 5.91 Å². The Labute approximate surface area is 155 Å². The molecule has 1 aliphatic heterocycles. The topological polar surface area (TPSA) is 70.7 Å². The fraction of sp³-hybridized carbons (Fsp3) is 0.556. The molecule has 1 heterocycles. The zero-order valence-electron chi connectivity index (χ0n) is 15.2. The van der Waals surface area contributed by atoms with E-state index in [0.29, 0.717) is 30.9 Å². The Hall–Kier alpha value is -1.63. The lowest BCUT2D eigenvalue weighted by Crippen LogP contribution is -2.48. The predicted molar refractivity (Wildman–Crippen MR) is 101 cm³/mol.